The van der Waals surface area contributed by atoms with Gasteiger partial charge in [0.05, 0.1) is 49.1 Å². The largest absolute Gasteiger partial charge is 0.497 e. The number of ether oxygens (including phenoxy) is 3. The van der Waals surface area contributed by atoms with Crippen molar-refractivity contribution in [2.24, 2.45) is 0 Å². The molecule has 150 valence electrons. The zero-order chi connectivity index (χ0) is 20.5. The van der Waals surface area contributed by atoms with Gasteiger partial charge in [-0.2, -0.15) is 0 Å². The number of rotatable bonds is 10. The first-order chi connectivity index (χ1) is 13.5. The Morgan fingerprint density at radius 2 is 1.86 bits per heavy atom. The Morgan fingerprint density at radius 3 is 2.46 bits per heavy atom. The maximum atomic E-state index is 12.2. The molecule has 0 spiro atoms. The Balaban J connectivity index is 2.09. The van der Waals surface area contributed by atoms with Crippen molar-refractivity contribution in [2.75, 3.05) is 25.7 Å². The zero-order valence-electron chi connectivity index (χ0n) is 15.7. The standard InChI is InChI=1S/C20H22BrNO6/c1-3-28-20(25)15-10-16(18(23)11-21)19(24)22-17(15)12-27-9-8-13-4-6-14(26-2)7-5-13/h4-7,10H,3,8-9,11-12H2,1-2H3,(H,22,24). The molecule has 0 saturated carbocycles. The lowest BCUT2D eigenvalue weighted by Gasteiger charge is -2.11. The summed E-state index contributed by atoms with van der Waals surface area (Å²) in [5.41, 5.74) is 0.811. The van der Waals surface area contributed by atoms with Crippen LogP contribution in [0, 0.1) is 0 Å². The van der Waals surface area contributed by atoms with Gasteiger partial charge >= 0.3 is 5.97 Å². The van der Waals surface area contributed by atoms with Crippen LogP contribution in [0.1, 0.15) is 38.9 Å². The highest BCUT2D eigenvalue weighted by Crippen LogP contribution is 2.13. The van der Waals surface area contributed by atoms with E-state index in [1.807, 2.05) is 24.3 Å². The lowest BCUT2D eigenvalue weighted by atomic mass is 10.1. The number of aromatic nitrogens is 1. The van der Waals surface area contributed by atoms with Crippen molar-refractivity contribution in [3.63, 3.8) is 0 Å². The monoisotopic (exact) mass is 451 g/mol. The van der Waals surface area contributed by atoms with Gasteiger partial charge in [0.15, 0.2) is 5.78 Å². The molecule has 1 heterocycles. The minimum atomic E-state index is -0.615. The van der Waals surface area contributed by atoms with Gasteiger partial charge in [0.1, 0.15) is 5.75 Å². The van der Waals surface area contributed by atoms with Crippen LogP contribution < -0.4 is 10.3 Å². The second-order valence-electron chi connectivity index (χ2n) is 5.83. The van der Waals surface area contributed by atoms with Crippen molar-refractivity contribution in [2.45, 2.75) is 20.0 Å². The number of esters is 1. The molecule has 28 heavy (non-hydrogen) atoms. The summed E-state index contributed by atoms with van der Waals surface area (Å²) < 4.78 is 15.8. The van der Waals surface area contributed by atoms with Gasteiger partial charge in [-0.25, -0.2) is 4.79 Å². The third-order valence-corrected chi connectivity index (χ3v) is 4.49. The fourth-order valence-corrected chi connectivity index (χ4v) is 2.81. The number of aromatic amines is 1. The van der Waals surface area contributed by atoms with Gasteiger partial charge in [-0.15, -0.1) is 0 Å². The molecule has 1 aromatic heterocycles. The highest BCUT2D eigenvalue weighted by atomic mass is 79.9. The average molecular weight is 452 g/mol. The summed E-state index contributed by atoms with van der Waals surface area (Å²) in [5.74, 6) is -0.255. The minimum absolute atomic E-state index is 0.0162. The Morgan fingerprint density at radius 1 is 1.14 bits per heavy atom. The summed E-state index contributed by atoms with van der Waals surface area (Å²) in [6.45, 7) is 2.26. The van der Waals surface area contributed by atoms with Gasteiger partial charge in [0, 0.05) is 0 Å². The number of carbonyl (C=O) groups is 2. The molecule has 0 radical (unpaired) electrons. The number of halogens is 1. The molecule has 7 nitrogen and oxygen atoms in total. The molecule has 0 aliphatic heterocycles. The normalized spacial score (nSPS) is 10.5. The number of benzene rings is 1. The van der Waals surface area contributed by atoms with Crippen LogP contribution in [0.4, 0.5) is 0 Å². The van der Waals surface area contributed by atoms with Gasteiger partial charge in [0.25, 0.3) is 5.56 Å². The van der Waals surface area contributed by atoms with E-state index in [4.69, 9.17) is 14.2 Å². The number of carbonyl (C=O) groups excluding carboxylic acids is 2. The summed E-state index contributed by atoms with van der Waals surface area (Å²) in [7, 11) is 1.61. The van der Waals surface area contributed by atoms with Crippen LogP contribution in [0.3, 0.4) is 0 Å². The molecule has 0 aliphatic carbocycles. The smallest absolute Gasteiger partial charge is 0.340 e. The fourth-order valence-electron chi connectivity index (χ4n) is 2.51. The number of ketones is 1. The van der Waals surface area contributed by atoms with Gasteiger partial charge in [-0.05, 0) is 37.1 Å². The number of H-pyrrole nitrogens is 1. The van der Waals surface area contributed by atoms with Crippen LogP contribution in [-0.2, 0) is 22.5 Å². The van der Waals surface area contributed by atoms with Crippen molar-refractivity contribution in [1.29, 1.82) is 0 Å². The molecular weight excluding hydrogens is 430 g/mol. The number of nitrogens with one attached hydrogen (secondary N) is 1. The molecule has 0 amide bonds. The van der Waals surface area contributed by atoms with E-state index in [1.165, 1.54) is 6.07 Å². The summed E-state index contributed by atoms with van der Waals surface area (Å²) in [4.78, 5) is 38.8. The van der Waals surface area contributed by atoms with E-state index in [1.54, 1.807) is 14.0 Å². The minimum Gasteiger partial charge on any atom is -0.497 e. The van der Waals surface area contributed by atoms with Gasteiger partial charge in [0.2, 0.25) is 0 Å². The number of pyridine rings is 1. The summed E-state index contributed by atoms with van der Waals surface area (Å²) >= 11 is 3.03. The zero-order valence-corrected chi connectivity index (χ0v) is 17.3. The topological polar surface area (TPSA) is 94.7 Å². The van der Waals surface area contributed by atoms with Crippen LogP contribution in [-0.4, -0.2) is 42.4 Å². The van der Waals surface area contributed by atoms with E-state index in [0.717, 1.165) is 11.3 Å². The quantitative estimate of drug-likeness (QED) is 0.258. The van der Waals surface area contributed by atoms with E-state index < -0.39 is 17.3 Å². The molecule has 2 rings (SSSR count). The Bertz CT molecular complexity index is 875. The van der Waals surface area contributed by atoms with Gasteiger partial charge in [-0.1, -0.05) is 28.1 Å². The van der Waals surface area contributed by atoms with Crippen LogP contribution in [0.2, 0.25) is 0 Å². The molecule has 0 atom stereocenters. The lowest BCUT2D eigenvalue weighted by molar-refractivity contribution is 0.0517. The first kappa shape index (κ1) is 21.8. The Hall–Kier alpha value is -2.45. The third-order valence-electron chi connectivity index (χ3n) is 3.98. The number of hydrogen-bond acceptors (Lipinski definition) is 6. The van der Waals surface area contributed by atoms with Gasteiger partial charge < -0.3 is 19.2 Å². The van der Waals surface area contributed by atoms with Crippen molar-refractivity contribution in [1.82, 2.24) is 4.98 Å². The first-order valence-corrected chi connectivity index (χ1v) is 9.85. The van der Waals surface area contributed by atoms with E-state index in [-0.39, 0.29) is 35.4 Å². The van der Waals surface area contributed by atoms with Crippen molar-refractivity contribution < 1.29 is 23.8 Å². The molecule has 1 N–H and O–H groups in total. The van der Waals surface area contributed by atoms with Crippen LogP contribution in [0.25, 0.3) is 0 Å². The molecule has 0 bridgehead atoms. The predicted molar refractivity (Wildman–Crippen MR) is 107 cm³/mol. The Labute approximate surface area is 171 Å². The first-order valence-electron chi connectivity index (χ1n) is 8.73. The molecule has 0 aliphatic rings. The van der Waals surface area contributed by atoms with Crippen LogP contribution in [0.15, 0.2) is 35.1 Å². The second-order valence-corrected chi connectivity index (χ2v) is 6.39. The van der Waals surface area contributed by atoms with Crippen LogP contribution in [0.5, 0.6) is 5.75 Å². The number of hydrogen-bond donors (Lipinski definition) is 1. The molecule has 0 saturated heterocycles. The molecule has 2 aromatic rings. The van der Waals surface area contributed by atoms with Crippen molar-refractivity contribution in [3.8, 4) is 5.75 Å². The number of methoxy groups -OCH3 is 1. The van der Waals surface area contributed by atoms with Crippen LogP contribution >= 0.6 is 15.9 Å². The maximum absolute atomic E-state index is 12.2. The van der Waals surface area contributed by atoms with E-state index in [0.29, 0.717) is 13.0 Å². The predicted octanol–water partition coefficient (Wildman–Crippen LogP) is 2.90. The Kier molecular flexibility index (Phi) is 8.41. The highest BCUT2D eigenvalue weighted by molar-refractivity contribution is 9.09. The number of Topliss-reactive ketones (excluding diaryl/α,β-unsaturated/α-hetero) is 1. The van der Waals surface area contributed by atoms with Crippen molar-refractivity contribution in [3.05, 3.63) is 63.1 Å². The maximum Gasteiger partial charge on any atom is 0.340 e. The summed E-state index contributed by atoms with van der Waals surface area (Å²) in [5, 5.41) is -0.0178. The lowest BCUT2D eigenvalue weighted by Crippen LogP contribution is -2.24. The third kappa shape index (κ3) is 5.77. The second kappa shape index (κ2) is 10.8. The average Bonchev–Trinajstić information content (AvgIpc) is 2.71. The van der Waals surface area contributed by atoms with Crippen molar-refractivity contribution >= 4 is 27.7 Å². The van der Waals surface area contributed by atoms with E-state index >= 15 is 0 Å². The summed E-state index contributed by atoms with van der Waals surface area (Å²) in [6.07, 6.45) is 0.656. The van der Waals surface area contributed by atoms with E-state index in [9.17, 15) is 14.4 Å². The molecule has 0 fully saturated rings. The molecule has 0 unspecified atom stereocenters. The summed E-state index contributed by atoms with van der Waals surface area (Å²) in [6, 6.07) is 8.88. The highest BCUT2D eigenvalue weighted by Gasteiger charge is 2.19. The SMILES string of the molecule is CCOC(=O)c1cc(C(=O)CBr)c(=O)[nH]c1COCCc1ccc(OC)cc1. The number of alkyl halides is 1. The molecular formula is C20H22BrNO6. The molecule has 8 heteroatoms. The fraction of sp³-hybridized carbons (Fsp3) is 0.350. The van der Waals surface area contributed by atoms with Gasteiger partial charge in [-0.3, -0.25) is 9.59 Å². The van der Waals surface area contributed by atoms with E-state index in [2.05, 4.69) is 20.9 Å². The molecule has 1 aromatic carbocycles.